The quantitative estimate of drug-likeness (QED) is 0.631. The van der Waals surface area contributed by atoms with Crippen LogP contribution in [0.15, 0.2) is 22.7 Å². The van der Waals surface area contributed by atoms with Crippen molar-refractivity contribution < 1.29 is 4.92 Å². The highest BCUT2D eigenvalue weighted by Crippen LogP contribution is 2.26. The van der Waals surface area contributed by atoms with Crippen LogP contribution in [-0.2, 0) is 6.54 Å². The summed E-state index contributed by atoms with van der Waals surface area (Å²) < 4.78 is 0.548. The Bertz CT molecular complexity index is 429. The summed E-state index contributed by atoms with van der Waals surface area (Å²) in [5.74, 6) is 0. The van der Waals surface area contributed by atoms with Crippen molar-refractivity contribution in [1.29, 1.82) is 0 Å². The van der Waals surface area contributed by atoms with E-state index in [1.807, 2.05) is 6.07 Å². The molecule has 0 unspecified atom stereocenters. The molecular formula is C13H17BrN2O2. The average molecular weight is 313 g/mol. The molecule has 0 amide bonds. The third kappa shape index (κ3) is 3.53. The van der Waals surface area contributed by atoms with Crippen LogP contribution in [0.3, 0.4) is 0 Å². The average Bonchev–Trinajstić information content (AvgIpc) is 2.60. The summed E-state index contributed by atoms with van der Waals surface area (Å²) in [6.45, 7) is 3.02. The van der Waals surface area contributed by atoms with Gasteiger partial charge in [-0.15, -0.1) is 0 Å². The fraction of sp³-hybridized carbons (Fsp3) is 0.538. The van der Waals surface area contributed by atoms with Crippen LogP contribution < -0.4 is 0 Å². The minimum atomic E-state index is -0.337. The van der Waals surface area contributed by atoms with Gasteiger partial charge < -0.3 is 0 Å². The lowest BCUT2D eigenvalue weighted by atomic mass is 10.2. The highest BCUT2D eigenvalue weighted by Gasteiger charge is 2.14. The van der Waals surface area contributed by atoms with Gasteiger partial charge in [0, 0.05) is 12.6 Å². The molecule has 0 radical (unpaired) electrons. The summed E-state index contributed by atoms with van der Waals surface area (Å²) in [6, 6.07) is 5.40. The zero-order valence-corrected chi connectivity index (χ0v) is 11.9. The van der Waals surface area contributed by atoms with Crippen LogP contribution in [0.5, 0.6) is 0 Å². The number of likely N-dealkylation sites (tertiary alicyclic amines) is 1. The number of hydrogen-bond donors (Lipinski definition) is 0. The second-order valence-corrected chi connectivity index (χ2v) is 5.59. The van der Waals surface area contributed by atoms with E-state index in [-0.39, 0.29) is 10.6 Å². The third-order valence-electron chi connectivity index (χ3n) is 3.31. The first-order valence-corrected chi connectivity index (χ1v) is 7.11. The molecule has 2 rings (SSSR count). The zero-order chi connectivity index (χ0) is 13.0. The molecule has 4 nitrogen and oxygen atoms in total. The van der Waals surface area contributed by atoms with Crippen molar-refractivity contribution >= 4 is 21.6 Å². The van der Waals surface area contributed by atoms with E-state index >= 15 is 0 Å². The van der Waals surface area contributed by atoms with Crippen LogP contribution in [0.1, 0.15) is 31.2 Å². The van der Waals surface area contributed by atoms with Gasteiger partial charge in [-0.2, -0.15) is 0 Å². The number of nitrogens with zero attached hydrogens (tertiary/aromatic N) is 2. The number of nitro benzene ring substituents is 1. The van der Waals surface area contributed by atoms with E-state index in [9.17, 15) is 10.1 Å². The lowest BCUT2D eigenvalue weighted by Crippen LogP contribution is -2.23. The van der Waals surface area contributed by atoms with Gasteiger partial charge in [-0.05, 0) is 53.5 Å². The summed E-state index contributed by atoms with van der Waals surface area (Å²) in [7, 11) is 0. The number of rotatable bonds is 3. The zero-order valence-electron chi connectivity index (χ0n) is 10.3. The van der Waals surface area contributed by atoms with E-state index in [1.165, 1.54) is 25.7 Å². The van der Waals surface area contributed by atoms with Crippen molar-refractivity contribution in [3.8, 4) is 0 Å². The SMILES string of the molecule is O=[N+]([O-])c1cc(CN2CCCCCC2)ccc1Br. The maximum atomic E-state index is 10.9. The van der Waals surface area contributed by atoms with Crippen molar-refractivity contribution in [2.24, 2.45) is 0 Å². The van der Waals surface area contributed by atoms with Crippen molar-refractivity contribution in [3.63, 3.8) is 0 Å². The van der Waals surface area contributed by atoms with Gasteiger partial charge in [-0.1, -0.05) is 18.9 Å². The van der Waals surface area contributed by atoms with Crippen LogP contribution in [0, 0.1) is 10.1 Å². The first-order valence-electron chi connectivity index (χ1n) is 6.32. The largest absolute Gasteiger partial charge is 0.299 e. The number of halogens is 1. The highest BCUT2D eigenvalue weighted by molar-refractivity contribution is 9.10. The van der Waals surface area contributed by atoms with Gasteiger partial charge in [0.2, 0.25) is 0 Å². The molecule has 1 aromatic carbocycles. The summed E-state index contributed by atoms with van der Waals surface area (Å²) in [6.07, 6.45) is 5.07. The Hall–Kier alpha value is -0.940. The fourth-order valence-corrected chi connectivity index (χ4v) is 2.74. The summed E-state index contributed by atoms with van der Waals surface area (Å²) in [5.41, 5.74) is 1.18. The first kappa shape index (κ1) is 13.5. The molecular weight excluding hydrogens is 296 g/mol. The molecule has 1 heterocycles. The van der Waals surface area contributed by atoms with E-state index in [2.05, 4.69) is 20.8 Å². The van der Waals surface area contributed by atoms with Crippen LogP contribution in [-0.4, -0.2) is 22.9 Å². The van der Waals surface area contributed by atoms with E-state index in [4.69, 9.17) is 0 Å². The van der Waals surface area contributed by atoms with Gasteiger partial charge in [0.15, 0.2) is 0 Å². The summed E-state index contributed by atoms with van der Waals surface area (Å²) in [5, 5.41) is 10.9. The fourth-order valence-electron chi connectivity index (χ4n) is 2.35. The van der Waals surface area contributed by atoms with E-state index < -0.39 is 0 Å². The van der Waals surface area contributed by atoms with E-state index in [1.54, 1.807) is 12.1 Å². The topological polar surface area (TPSA) is 46.4 Å². The van der Waals surface area contributed by atoms with Crippen LogP contribution in [0.2, 0.25) is 0 Å². The predicted octanol–water partition coefficient (Wildman–Crippen LogP) is 3.73. The molecule has 0 bridgehead atoms. The highest BCUT2D eigenvalue weighted by atomic mass is 79.9. The van der Waals surface area contributed by atoms with Gasteiger partial charge >= 0.3 is 0 Å². The van der Waals surface area contributed by atoms with E-state index in [0.29, 0.717) is 4.47 Å². The maximum absolute atomic E-state index is 10.9. The second kappa shape index (κ2) is 6.29. The van der Waals surface area contributed by atoms with Crippen molar-refractivity contribution in [3.05, 3.63) is 38.3 Å². The molecule has 0 aromatic heterocycles. The molecule has 1 saturated heterocycles. The molecule has 0 aliphatic carbocycles. The summed E-state index contributed by atoms with van der Waals surface area (Å²) >= 11 is 3.21. The molecule has 98 valence electrons. The Kier molecular flexibility index (Phi) is 4.72. The van der Waals surface area contributed by atoms with Gasteiger partial charge in [0.25, 0.3) is 5.69 Å². The lowest BCUT2D eigenvalue weighted by Gasteiger charge is -2.19. The standard InChI is InChI=1S/C13H17BrN2O2/c14-12-6-5-11(9-13(12)16(17)18)10-15-7-3-1-2-4-8-15/h5-6,9H,1-4,7-8,10H2. The number of nitro groups is 1. The molecule has 5 heteroatoms. The van der Waals surface area contributed by atoms with Gasteiger partial charge in [-0.25, -0.2) is 0 Å². The van der Waals surface area contributed by atoms with Crippen LogP contribution in [0.25, 0.3) is 0 Å². The summed E-state index contributed by atoms with van der Waals surface area (Å²) in [4.78, 5) is 12.9. The maximum Gasteiger partial charge on any atom is 0.283 e. The molecule has 1 aliphatic heterocycles. The predicted molar refractivity (Wildman–Crippen MR) is 74.5 cm³/mol. The molecule has 1 aliphatic rings. The Morgan fingerprint density at radius 2 is 1.89 bits per heavy atom. The van der Waals surface area contributed by atoms with Gasteiger partial charge in [-0.3, -0.25) is 15.0 Å². The van der Waals surface area contributed by atoms with Crippen LogP contribution in [0.4, 0.5) is 5.69 Å². The number of benzene rings is 1. The van der Waals surface area contributed by atoms with Gasteiger partial charge in [0.05, 0.1) is 9.40 Å². The smallest absolute Gasteiger partial charge is 0.283 e. The monoisotopic (exact) mass is 312 g/mol. The molecule has 0 saturated carbocycles. The first-order chi connectivity index (χ1) is 8.66. The second-order valence-electron chi connectivity index (χ2n) is 4.73. The van der Waals surface area contributed by atoms with Crippen LogP contribution >= 0.6 is 15.9 Å². The Morgan fingerprint density at radius 1 is 1.22 bits per heavy atom. The van der Waals surface area contributed by atoms with Crippen molar-refractivity contribution in [2.75, 3.05) is 13.1 Å². The number of hydrogen-bond acceptors (Lipinski definition) is 3. The van der Waals surface area contributed by atoms with E-state index in [0.717, 1.165) is 25.2 Å². The minimum Gasteiger partial charge on any atom is -0.299 e. The van der Waals surface area contributed by atoms with Gasteiger partial charge in [0.1, 0.15) is 0 Å². The Labute approximate surface area is 115 Å². The minimum absolute atomic E-state index is 0.155. The third-order valence-corrected chi connectivity index (χ3v) is 3.98. The van der Waals surface area contributed by atoms with Crippen molar-refractivity contribution in [2.45, 2.75) is 32.2 Å². The molecule has 1 fully saturated rings. The Morgan fingerprint density at radius 3 is 2.50 bits per heavy atom. The molecule has 0 N–H and O–H groups in total. The molecule has 0 spiro atoms. The Balaban J connectivity index is 2.08. The van der Waals surface area contributed by atoms with Crippen molar-refractivity contribution in [1.82, 2.24) is 4.90 Å². The molecule has 1 aromatic rings. The molecule has 0 atom stereocenters. The molecule has 18 heavy (non-hydrogen) atoms. The normalized spacial score (nSPS) is 17.4. The lowest BCUT2D eigenvalue weighted by molar-refractivity contribution is -0.385.